The van der Waals surface area contributed by atoms with Crippen LogP contribution in [0.2, 0.25) is 0 Å². The first-order valence-electron chi connectivity index (χ1n) is 10.5. The maximum absolute atomic E-state index is 11.2. The van der Waals surface area contributed by atoms with Gasteiger partial charge in [0.05, 0.1) is 9.52 Å². The van der Waals surface area contributed by atoms with Crippen molar-refractivity contribution in [3.05, 3.63) is 90.5 Å². The lowest BCUT2D eigenvalue weighted by Crippen LogP contribution is -2.26. The molecule has 0 aromatic heterocycles. The van der Waals surface area contributed by atoms with Gasteiger partial charge in [-0.1, -0.05) is 83.2 Å². The highest BCUT2D eigenvalue weighted by Crippen LogP contribution is 2.13. The summed E-state index contributed by atoms with van der Waals surface area (Å²) in [6.45, 7) is 0.912. The van der Waals surface area contributed by atoms with Gasteiger partial charge in [0, 0.05) is 20.8 Å². The molecule has 0 fully saturated rings. The van der Waals surface area contributed by atoms with Crippen LogP contribution in [0.15, 0.2) is 84.9 Å². The monoisotopic (exact) mass is 436 g/mol. The van der Waals surface area contributed by atoms with Gasteiger partial charge in [0.2, 0.25) is 0 Å². The molecule has 0 radical (unpaired) electrons. The number of aryl methyl sites for hydroxylation is 1. The fraction of sp³-hybridized carbons (Fsp3) is 0.269. The molecule has 3 aromatic carbocycles. The van der Waals surface area contributed by atoms with Crippen LogP contribution in [-0.4, -0.2) is 49.3 Å². The maximum Gasteiger partial charge on any atom is 0.195 e. The number of benzene rings is 3. The Morgan fingerprint density at radius 3 is 1.84 bits per heavy atom. The molecule has 5 heteroatoms. The summed E-state index contributed by atoms with van der Waals surface area (Å²) in [5, 5.41) is 3.02. The van der Waals surface area contributed by atoms with Gasteiger partial charge < -0.3 is 14.2 Å². The van der Waals surface area contributed by atoms with Gasteiger partial charge in [-0.25, -0.2) is 0 Å². The molecule has 164 valence electrons. The standard InChI is InChI=1S/C14H20O4.C12H12Si/c1-16-9-3-4-12-5-7-14(8-6-12)18-11-13(15)10-17-2;1-3-7-11(8-4-1)13-12-9-5-2-6-10-12/h5-8H,3-4,9-11H2,1-2H3;1-10H,13H2. The van der Waals surface area contributed by atoms with Gasteiger partial charge in [0.1, 0.15) is 19.0 Å². The number of carbonyl (C=O) groups excluding carboxylic acids is 1. The van der Waals surface area contributed by atoms with Gasteiger partial charge in [0.25, 0.3) is 0 Å². The average Bonchev–Trinajstić information content (AvgIpc) is 2.81. The van der Waals surface area contributed by atoms with Crippen LogP contribution in [-0.2, 0) is 20.7 Å². The minimum atomic E-state index is -0.234. The van der Waals surface area contributed by atoms with Crippen LogP contribution in [0.1, 0.15) is 12.0 Å². The molecule has 3 rings (SSSR count). The molecule has 0 atom stereocenters. The molecular weight excluding hydrogens is 404 g/mol. The molecule has 0 unspecified atom stereocenters. The Balaban J connectivity index is 0.000000231. The third-order valence-electron chi connectivity index (χ3n) is 4.54. The fourth-order valence-corrected chi connectivity index (χ4v) is 4.45. The van der Waals surface area contributed by atoms with E-state index in [1.165, 1.54) is 23.0 Å². The van der Waals surface area contributed by atoms with E-state index in [1.54, 1.807) is 7.11 Å². The van der Waals surface area contributed by atoms with Gasteiger partial charge in [-0.05, 0) is 30.5 Å². The summed E-state index contributed by atoms with van der Waals surface area (Å²) in [7, 11) is 2.96. The third kappa shape index (κ3) is 10.7. The molecule has 0 aliphatic carbocycles. The highest BCUT2D eigenvalue weighted by atomic mass is 28.2. The van der Waals surface area contributed by atoms with Crippen LogP contribution in [0.4, 0.5) is 0 Å². The molecule has 4 nitrogen and oxygen atoms in total. The van der Waals surface area contributed by atoms with Crippen LogP contribution in [0, 0.1) is 0 Å². The fourth-order valence-electron chi connectivity index (χ4n) is 2.97. The summed E-state index contributed by atoms with van der Waals surface area (Å²) in [4.78, 5) is 11.2. The van der Waals surface area contributed by atoms with E-state index in [9.17, 15) is 4.79 Å². The van der Waals surface area contributed by atoms with E-state index in [0.29, 0.717) is 5.75 Å². The number of Topliss-reactive ketones (excluding diaryl/α,β-unsaturated/α-hetero) is 1. The van der Waals surface area contributed by atoms with Crippen molar-refractivity contribution in [1.82, 2.24) is 0 Å². The van der Waals surface area contributed by atoms with E-state index < -0.39 is 0 Å². The lowest BCUT2D eigenvalue weighted by Gasteiger charge is -2.06. The molecule has 31 heavy (non-hydrogen) atoms. The largest absolute Gasteiger partial charge is 0.486 e. The molecule has 0 amide bonds. The van der Waals surface area contributed by atoms with Crippen molar-refractivity contribution in [3.8, 4) is 5.75 Å². The van der Waals surface area contributed by atoms with Crippen LogP contribution >= 0.6 is 0 Å². The number of hydrogen-bond donors (Lipinski definition) is 0. The molecule has 0 saturated carbocycles. The summed E-state index contributed by atoms with van der Waals surface area (Å²) in [6.07, 6.45) is 1.99. The summed E-state index contributed by atoms with van der Waals surface area (Å²) in [6, 6.07) is 29.3. The molecule has 0 heterocycles. The second kappa shape index (κ2) is 15.1. The lowest BCUT2D eigenvalue weighted by molar-refractivity contribution is -0.124. The third-order valence-corrected chi connectivity index (χ3v) is 6.30. The Kier molecular flexibility index (Phi) is 12.0. The first kappa shape index (κ1) is 24.5. The van der Waals surface area contributed by atoms with Crippen LogP contribution in [0.25, 0.3) is 0 Å². The Hall–Kier alpha value is -2.73. The lowest BCUT2D eigenvalue weighted by atomic mass is 10.1. The summed E-state index contributed by atoms with van der Waals surface area (Å²) in [5.41, 5.74) is 1.24. The van der Waals surface area contributed by atoms with Crippen molar-refractivity contribution in [2.45, 2.75) is 12.8 Å². The first-order valence-corrected chi connectivity index (χ1v) is 11.9. The molecule has 3 aromatic rings. The van der Waals surface area contributed by atoms with Gasteiger partial charge in [0.15, 0.2) is 5.78 Å². The van der Waals surface area contributed by atoms with E-state index >= 15 is 0 Å². The number of methoxy groups -OCH3 is 2. The topological polar surface area (TPSA) is 44.8 Å². The second-order valence-electron chi connectivity index (χ2n) is 7.15. The molecule has 0 aliphatic rings. The smallest absolute Gasteiger partial charge is 0.195 e. The van der Waals surface area contributed by atoms with Gasteiger partial charge in [-0.15, -0.1) is 0 Å². The first-order chi connectivity index (χ1) is 15.2. The predicted molar refractivity (Wildman–Crippen MR) is 130 cm³/mol. The van der Waals surface area contributed by atoms with Crippen molar-refractivity contribution in [2.24, 2.45) is 0 Å². The highest BCUT2D eigenvalue weighted by Gasteiger charge is 2.02. The highest BCUT2D eigenvalue weighted by molar-refractivity contribution is 6.67. The number of carbonyl (C=O) groups is 1. The zero-order valence-electron chi connectivity index (χ0n) is 18.5. The Bertz CT molecular complexity index is 814. The van der Waals surface area contributed by atoms with Crippen LogP contribution in [0.5, 0.6) is 5.75 Å². The van der Waals surface area contributed by atoms with Crippen molar-refractivity contribution in [2.75, 3.05) is 34.0 Å². The van der Waals surface area contributed by atoms with Crippen molar-refractivity contribution >= 4 is 25.7 Å². The van der Waals surface area contributed by atoms with Gasteiger partial charge in [-0.3, -0.25) is 4.79 Å². The van der Waals surface area contributed by atoms with Gasteiger partial charge in [-0.2, -0.15) is 0 Å². The van der Waals surface area contributed by atoms with Crippen molar-refractivity contribution in [3.63, 3.8) is 0 Å². The van der Waals surface area contributed by atoms with E-state index in [-0.39, 0.29) is 28.5 Å². The average molecular weight is 437 g/mol. The summed E-state index contributed by atoms with van der Waals surface area (Å²) in [5.74, 6) is 0.636. The zero-order valence-corrected chi connectivity index (χ0v) is 19.9. The molecular formula is C26H32O4Si. The SMILES string of the molecule is COCCCc1ccc(OCC(=O)COC)cc1.c1ccc([SiH2]c2ccccc2)cc1. The molecule has 0 N–H and O–H groups in total. The number of rotatable bonds is 11. The van der Waals surface area contributed by atoms with E-state index in [1.807, 2.05) is 24.3 Å². The molecule has 0 saturated heterocycles. The molecule has 0 bridgehead atoms. The second-order valence-corrected chi connectivity index (χ2v) is 9.14. The zero-order chi connectivity index (χ0) is 22.2. The maximum atomic E-state index is 11.2. The van der Waals surface area contributed by atoms with Gasteiger partial charge >= 0.3 is 0 Å². The van der Waals surface area contributed by atoms with E-state index in [0.717, 1.165) is 19.4 Å². The Morgan fingerprint density at radius 1 is 0.742 bits per heavy atom. The van der Waals surface area contributed by atoms with Crippen molar-refractivity contribution < 1.29 is 19.0 Å². The Labute approximate surface area is 188 Å². The number of ether oxygens (including phenoxy) is 3. The van der Waals surface area contributed by atoms with Crippen LogP contribution in [0.3, 0.4) is 0 Å². The number of ketones is 1. The number of hydrogen-bond acceptors (Lipinski definition) is 4. The molecule has 0 aliphatic heterocycles. The summed E-state index contributed by atoms with van der Waals surface area (Å²) >= 11 is 0. The minimum Gasteiger partial charge on any atom is -0.486 e. The van der Waals surface area contributed by atoms with E-state index in [4.69, 9.17) is 14.2 Å². The Morgan fingerprint density at radius 2 is 1.32 bits per heavy atom. The molecule has 0 spiro atoms. The van der Waals surface area contributed by atoms with Crippen molar-refractivity contribution in [1.29, 1.82) is 0 Å². The normalized spacial score (nSPS) is 10.1. The quantitative estimate of drug-likeness (QED) is 0.342. The van der Waals surface area contributed by atoms with E-state index in [2.05, 4.69) is 60.7 Å². The van der Waals surface area contributed by atoms with Crippen LogP contribution < -0.4 is 15.1 Å². The minimum absolute atomic E-state index is 0.0524. The predicted octanol–water partition coefficient (Wildman–Crippen LogP) is 2.67. The summed E-state index contributed by atoms with van der Waals surface area (Å²) < 4.78 is 15.1.